The minimum absolute atomic E-state index is 0.0906. The molecule has 0 atom stereocenters. The van der Waals surface area contributed by atoms with Gasteiger partial charge in [-0.15, -0.1) is 10.2 Å². The number of nitrogens with zero attached hydrogens (tertiary/aromatic N) is 4. The van der Waals surface area contributed by atoms with Crippen molar-refractivity contribution >= 4 is 29.0 Å². The number of anilines is 1. The molecule has 1 N–H and O–H groups in total. The van der Waals surface area contributed by atoms with Crippen LogP contribution in [-0.4, -0.2) is 38.1 Å². The lowest BCUT2D eigenvalue weighted by Gasteiger charge is -2.06. The molecule has 0 bridgehead atoms. The van der Waals surface area contributed by atoms with Gasteiger partial charge in [-0.3, -0.25) is 4.79 Å². The molecule has 7 nitrogen and oxygen atoms in total. The minimum atomic E-state index is -0.472. The largest absolute Gasteiger partial charge is 0.494 e. The zero-order valence-electron chi connectivity index (χ0n) is 16.1. The maximum Gasteiger partial charge on any atom is 0.234 e. The normalized spacial score (nSPS) is 10.9. The first-order valence-corrected chi connectivity index (χ1v) is 10.3. The van der Waals surface area contributed by atoms with Gasteiger partial charge in [0, 0.05) is 5.56 Å². The summed E-state index contributed by atoms with van der Waals surface area (Å²) in [5, 5.41) is 16.1. The summed E-state index contributed by atoms with van der Waals surface area (Å²) in [4.78, 5) is 12.2. The van der Waals surface area contributed by atoms with Crippen LogP contribution in [0.25, 0.3) is 17.0 Å². The van der Waals surface area contributed by atoms with Crippen molar-refractivity contribution in [2.45, 2.75) is 11.9 Å². The molecule has 2 heterocycles. The Morgan fingerprint density at radius 3 is 2.67 bits per heavy atom. The van der Waals surface area contributed by atoms with Gasteiger partial charge in [0.25, 0.3) is 0 Å². The molecule has 0 aliphatic rings. The number of thioether (sulfide) groups is 1. The SMILES string of the molecule is CCOc1ccc(-c2nnc3ccc(SCC(=O)Nc4ccccc4F)nn23)cc1. The van der Waals surface area contributed by atoms with Crippen molar-refractivity contribution in [3.8, 4) is 17.1 Å². The van der Waals surface area contributed by atoms with E-state index >= 15 is 0 Å². The van der Waals surface area contributed by atoms with E-state index in [9.17, 15) is 9.18 Å². The number of carbonyl (C=O) groups is 1. The predicted octanol–water partition coefficient (Wildman–Crippen LogP) is 4.06. The number of amides is 1. The number of hydrogen-bond donors (Lipinski definition) is 1. The molecule has 0 saturated carbocycles. The van der Waals surface area contributed by atoms with E-state index < -0.39 is 5.82 Å². The van der Waals surface area contributed by atoms with Crippen molar-refractivity contribution in [1.29, 1.82) is 0 Å². The molecule has 0 radical (unpaired) electrons. The number of para-hydroxylation sites is 1. The van der Waals surface area contributed by atoms with Gasteiger partial charge in [-0.25, -0.2) is 4.39 Å². The highest BCUT2D eigenvalue weighted by molar-refractivity contribution is 7.99. The summed E-state index contributed by atoms with van der Waals surface area (Å²) in [6.45, 7) is 2.53. The van der Waals surface area contributed by atoms with Gasteiger partial charge in [0.1, 0.15) is 16.6 Å². The number of hydrogen-bond acceptors (Lipinski definition) is 6. The highest BCUT2D eigenvalue weighted by Gasteiger charge is 2.12. The fraction of sp³-hybridized carbons (Fsp3) is 0.143. The number of nitrogens with one attached hydrogen (secondary N) is 1. The van der Waals surface area contributed by atoms with Gasteiger partial charge >= 0.3 is 0 Å². The predicted molar refractivity (Wildman–Crippen MR) is 113 cm³/mol. The van der Waals surface area contributed by atoms with Crippen LogP contribution in [0.15, 0.2) is 65.7 Å². The summed E-state index contributed by atoms with van der Waals surface area (Å²) >= 11 is 1.24. The second-order valence-electron chi connectivity index (χ2n) is 6.24. The molecule has 30 heavy (non-hydrogen) atoms. The topological polar surface area (TPSA) is 81.4 Å². The van der Waals surface area contributed by atoms with Gasteiger partial charge < -0.3 is 10.1 Å². The van der Waals surface area contributed by atoms with E-state index in [0.717, 1.165) is 11.3 Å². The minimum Gasteiger partial charge on any atom is -0.494 e. The smallest absolute Gasteiger partial charge is 0.234 e. The summed E-state index contributed by atoms with van der Waals surface area (Å²) in [6, 6.07) is 17.1. The molecule has 0 aliphatic carbocycles. The van der Waals surface area contributed by atoms with Crippen LogP contribution in [-0.2, 0) is 4.79 Å². The van der Waals surface area contributed by atoms with Crippen molar-refractivity contribution in [3.05, 3.63) is 66.5 Å². The molecule has 152 valence electrons. The summed E-state index contributed by atoms with van der Waals surface area (Å²) in [5.41, 5.74) is 1.60. The number of carbonyl (C=O) groups excluding carboxylic acids is 1. The first-order valence-electron chi connectivity index (χ1n) is 9.27. The number of benzene rings is 2. The molecule has 1 amide bonds. The molecule has 0 saturated heterocycles. The Bertz CT molecular complexity index is 1180. The molecule has 4 rings (SSSR count). The number of fused-ring (bicyclic) bond motifs is 1. The third-order valence-electron chi connectivity index (χ3n) is 4.16. The highest BCUT2D eigenvalue weighted by Crippen LogP contribution is 2.23. The molecule has 4 aromatic rings. The van der Waals surface area contributed by atoms with Gasteiger partial charge in [0.2, 0.25) is 5.91 Å². The summed E-state index contributed by atoms with van der Waals surface area (Å²) in [6.07, 6.45) is 0. The first kappa shape index (κ1) is 19.8. The van der Waals surface area contributed by atoms with E-state index in [1.165, 1.54) is 23.9 Å². The Kier molecular flexibility index (Phi) is 5.89. The van der Waals surface area contributed by atoms with E-state index in [1.54, 1.807) is 28.8 Å². The molecule has 0 fully saturated rings. The fourth-order valence-corrected chi connectivity index (χ4v) is 3.44. The van der Waals surface area contributed by atoms with Crippen molar-refractivity contribution in [2.24, 2.45) is 0 Å². The molecular weight excluding hydrogens is 405 g/mol. The number of ether oxygens (including phenoxy) is 1. The quantitative estimate of drug-likeness (QED) is 0.452. The van der Waals surface area contributed by atoms with Crippen molar-refractivity contribution in [2.75, 3.05) is 17.7 Å². The van der Waals surface area contributed by atoms with Crippen LogP contribution in [0.1, 0.15) is 6.92 Å². The van der Waals surface area contributed by atoms with Gasteiger partial charge in [0.05, 0.1) is 18.0 Å². The zero-order valence-corrected chi connectivity index (χ0v) is 16.9. The molecule has 2 aromatic heterocycles. The van der Waals surface area contributed by atoms with Crippen LogP contribution >= 0.6 is 11.8 Å². The van der Waals surface area contributed by atoms with Gasteiger partial charge in [-0.05, 0) is 55.5 Å². The van der Waals surface area contributed by atoms with Crippen LogP contribution in [0.4, 0.5) is 10.1 Å². The Morgan fingerprint density at radius 1 is 1.10 bits per heavy atom. The Hall–Kier alpha value is -3.46. The second kappa shape index (κ2) is 8.91. The monoisotopic (exact) mass is 423 g/mol. The maximum absolute atomic E-state index is 13.7. The summed E-state index contributed by atoms with van der Waals surface area (Å²) < 4.78 is 20.8. The summed E-state index contributed by atoms with van der Waals surface area (Å²) in [5.74, 6) is 0.668. The number of aromatic nitrogens is 4. The van der Waals surface area contributed by atoms with E-state index in [0.29, 0.717) is 23.1 Å². The van der Waals surface area contributed by atoms with Crippen molar-refractivity contribution < 1.29 is 13.9 Å². The highest BCUT2D eigenvalue weighted by atomic mass is 32.2. The van der Waals surface area contributed by atoms with Gasteiger partial charge in [0.15, 0.2) is 11.5 Å². The lowest BCUT2D eigenvalue weighted by molar-refractivity contribution is -0.113. The average molecular weight is 423 g/mol. The van der Waals surface area contributed by atoms with E-state index in [2.05, 4.69) is 20.6 Å². The third kappa shape index (κ3) is 4.41. The average Bonchev–Trinajstić information content (AvgIpc) is 3.18. The summed E-state index contributed by atoms with van der Waals surface area (Å²) in [7, 11) is 0. The first-order chi connectivity index (χ1) is 14.6. The van der Waals surface area contributed by atoms with E-state index in [4.69, 9.17) is 4.74 Å². The fourth-order valence-electron chi connectivity index (χ4n) is 2.78. The van der Waals surface area contributed by atoms with Crippen molar-refractivity contribution in [1.82, 2.24) is 19.8 Å². The Morgan fingerprint density at radius 2 is 1.90 bits per heavy atom. The van der Waals surface area contributed by atoms with E-state index in [1.807, 2.05) is 31.2 Å². The van der Waals surface area contributed by atoms with Crippen molar-refractivity contribution in [3.63, 3.8) is 0 Å². The molecule has 0 spiro atoms. The molecular formula is C21H18FN5O2S. The molecule has 2 aromatic carbocycles. The Balaban J connectivity index is 1.48. The van der Waals surface area contributed by atoms with Gasteiger partial charge in [-0.2, -0.15) is 9.61 Å². The van der Waals surface area contributed by atoms with Gasteiger partial charge in [-0.1, -0.05) is 23.9 Å². The maximum atomic E-state index is 13.7. The number of rotatable bonds is 7. The molecule has 0 aliphatic heterocycles. The van der Waals surface area contributed by atoms with E-state index in [-0.39, 0.29) is 17.3 Å². The standard InChI is InChI=1S/C21H18FN5O2S/c1-2-29-15-9-7-14(8-10-15)21-25-24-18-11-12-20(26-27(18)21)30-13-19(28)23-17-6-4-3-5-16(17)22/h3-12H,2,13H2,1H3,(H,23,28). The Labute approximate surface area is 176 Å². The lowest BCUT2D eigenvalue weighted by Crippen LogP contribution is -2.15. The molecule has 0 unspecified atom stereocenters. The third-order valence-corrected chi connectivity index (χ3v) is 5.08. The van der Waals surface area contributed by atoms with Crippen LogP contribution in [0.5, 0.6) is 5.75 Å². The van der Waals surface area contributed by atoms with Crippen LogP contribution in [0, 0.1) is 5.82 Å². The van der Waals surface area contributed by atoms with Crippen LogP contribution < -0.4 is 10.1 Å². The molecule has 9 heteroatoms. The van der Waals surface area contributed by atoms with Crippen LogP contribution in [0.3, 0.4) is 0 Å². The number of halogens is 1. The second-order valence-corrected chi connectivity index (χ2v) is 7.23. The zero-order chi connectivity index (χ0) is 20.9. The lowest BCUT2D eigenvalue weighted by atomic mass is 10.2. The van der Waals surface area contributed by atoms with Crippen LogP contribution in [0.2, 0.25) is 0 Å².